The molecule has 2 N–H and O–H groups in total. The molecule has 1 rings (SSSR count). The minimum absolute atomic E-state index is 0.297. The van der Waals surface area contributed by atoms with Crippen LogP contribution >= 0.6 is 0 Å². The van der Waals surface area contributed by atoms with Crippen molar-refractivity contribution < 1.29 is 0 Å². The van der Waals surface area contributed by atoms with Crippen molar-refractivity contribution in [3.05, 3.63) is 31.3 Å². The standard InChI is InChI=1S/C4H7N11/c5-13-10-2-1-8-3(11-14-6)4(9-2)12-15-7/h2-4,8-9H,1H2. The quantitative estimate of drug-likeness (QED) is 0.402. The molecule has 1 saturated heterocycles. The van der Waals surface area contributed by atoms with Gasteiger partial charge >= 0.3 is 0 Å². The summed E-state index contributed by atoms with van der Waals surface area (Å²) < 4.78 is 0. The topological polar surface area (TPSA) is 170 Å². The lowest BCUT2D eigenvalue weighted by atomic mass is 10.3. The smallest absolute Gasteiger partial charge is 0.108 e. The third kappa shape index (κ3) is 2.92. The van der Waals surface area contributed by atoms with E-state index in [4.69, 9.17) is 16.6 Å². The highest BCUT2D eigenvalue weighted by Crippen LogP contribution is 2.06. The second-order valence-electron chi connectivity index (χ2n) is 2.60. The van der Waals surface area contributed by atoms with Crippen molar-refractivity contribution in [2.24, 2.45) is 15.3 Å². The Balaban J connectivity index is 2.76. The zero-order chi connectivity index (χ0) is 11.1. The van der Waals surface area contributed by atoms with E-state index >= 15 is 0 Å². The molecular weight excluding hydrogens is 202 g/mol. The summed E-state index contributed by atoms with van der Waals surface area (Å²) in [5, 5.41) is 15.7. The molecule has 0 radical (unpaired) electrons. The molecule has 0 aromatic rings. The number of rotatable bonds is 3. The zero-order valence-corrected chi connectivity index (χ0v) is 7.46. The highest BCUT2D eigenvalue weighted by molar-refractivity contribution is 4.88. The third-order valence-electron chi connectivity index (χ3n) is 1.73. The zero-order valence-electron chi connectivity index (χ0n) is 7.46. The first kappa shape index (κ1) is 10.9. The molecule has 1 aliphatic rings. The van der Waals surface area contributed by atoms with Crippen LogP contribution in [0.2, 0.25) is 0 Å². The number of nitrogens with one attached hydrogen (secondary N) is 2. The van der Waals surface area contributed by atoms with E-state index in [9.17, 15) is 0 Å². The average Bonchev–Trinajstić information content (AvgIpc) is 2.23. The fourth-order valence-corrected chi connectivity index (χ4v) is 1.14. The van der Waals surface area contributed by atoms with Gasteiger partial charge in [-0.25, -0.2) is 0 Å². The number of hydrogen-bond donors (Lipinski definition) is 2. The maximum absolute atomic E-state index is 8.27. The van der Waals surface area contributed by atoms with Crippen LogP contribution in [0.1, 0.15) is 0 Å². The maximum Gasteiger partial charge on any atom is 0.108 e. The van der Waals surface area contributed by atoms with Crippen molar-refractivity contribution in [2.45, 2.75) is 18.5 Å². The third-order valence-corrected chi connectivity index (χ3v) is 1.73. The molecule has 1 aliphatic heterocycles. The molecule has 11 heteroatoms. The summed E-state index contributed by atoms with van der Waals surface area (Å²) in [6, 6.07) is 0. The molecule has 1 fully saturated rings. The number of azide groups is 3. The molecule has 0 spiro atoms. The highest BCUT2D eigenvalue weighted by Gasteiger charge is 2.27. The molecule has 3 unspecified atom stereocenters. The summed E-state index contributed by atoms with van der Waals surface area (Å²) in [5.74, 6) is 0. The van der Waals surface area contributed by atoms with Crippen molar-refractivity contribution in [1.29, 1.82) is 0 Å². The molecule has 15 heavy (non-hydrogen) atoms. The summed E-state index contributed by atoms with van der Waals surface area (Å²) in [6.07, 6.45) is -1.98. The molecule has 78 valence electrons. The number of piperazine rings is 1. The van der Waals surface area contributed by atoms with E-state index in [1.165, 1.54) is 0 Å². The predicted octanol–water partition coefficient (Wildman–Crippen LogP) is 1.09. The van der Waals surface area contributed by atoms with Crippen molar-refractivity contribution >= 4 is 0 Å². The Bertz CT molecular complexity index is 355. The van der Waals surface area contributed by atoms with Crippen molar-refractivity contribution in [3.8, 4) is 0 Å². The van der Waals surface area contributed by atoms with Gasteiger partial charge in [0, 0.05) is 21.3 Å². The highest BCUT2D eigenvalue weighted by atomic mass is 15.4. The van der Waals surface area contributed by atoms with E-state index in [1.54, 1.807) is 0 Å². The van der Waals surface area contributed by atoms with Gasteiger partial charge in [-0.05, 0) is 16.6 Å². The van der Waals surface area contributed by atoms with Crippen LogP contribution in [0.4, 0.5) is 0 Å². The summed E-state index contributed by atoms with van der Waals surface area (Å²) in [7, 11) is 0. The lowest BCUT2D eigenvalue weighted by Crippen LogP contribution is -2.58. The molecule has 11 nitrogen and oxygen atoms in total. The van der Waals surface area contributed by atoms with Gasteiger partial charge in [0.15, 0.2) is 0 Å². The molecule has 3 atom stereocenters. The van der Waals surface area contributed by atoms with E-state index in [-0.39, 0.29) is 0 Å². The van der Waals surface area contributed by atoms with Crippen molar-refractivity contribution in [2.75, 3.05) is 6.54 Å². The summed E-state index contributed by atoms with van der Waals surface area (Å²) in [5.41, 5.74) is 24.7. The van der Waals surface area contributed by atoms with Crippen LogP contribution in [0.3, 0.4) is 0 Å². The van der Waals surface area contributed by atoms with Crippen LogP contribution in [0, 0.1) is 0 Å². The van der Waals surface area contributed by atoms with E-state index in [0.29, 0.717) is 6.54 Å². The van der Waals surface area contributed by atoms with E-state index in [1.807, 2.05) is 0 Å². The minimum atomic E-state index is -0.768. The SMILES string of the molecule is [N-]=[N+]=NC1CNC(N=[N+]=[N-])C(N=[N+]=[N-])N1. The molecular formula is C4H7N11. The normalized spacial score (nSPS) is 29.2. The van der Waals surface area contributed by atoms with Crippen LogP contribution < -0.4 is 10.6 Å². The Morgan fingerprint density at radius 2 is 1.53 bits per heavy atom. The van der Waals surface area contributed by atoms with Gasteiger partial charge in [-0.2, -0.15) is 0 Å². The Labute approximate surface area is 83.3 Å². The lowest BCUT2D eigenvalue weighted by Gasteiger charge is -2.31. The first-order chi connectivity index (χ1) is 7.31. The first-order valence-electron chi connectivity index (χ1n) is 3.94. The fourth-order valence-electron chi connectivity index (χ4n) is 1.14. The minimum Gasteiger partial charge on any atom is -0.306 e. The summed E-state index contributed by atoms with van der Waals surface area (Å²) in [6.45, 7) is 0.297. The van der Waals surface area contributed by atoms with Crippen LogP contribution in [-0.2, 0) is 0 Å². The second-order valence-corrected chi connectivity index (χ2v) is 2.60. The van der Waals surface area contributed by atoms with Crippen LogP contribution in [0.25, 0.3) is 31.3 Å². The van der Waals surface area contributed by atoms with Crippen LogP contribution in [-0.4, -0.2) is 25.0 Å². The van der Waals surface area contributed by atoms with Gasteiger partial charge in [-0.3, -0.25) is 5.32 Å². The first-order valence-corrected chi connectivity index (χ1v) is 3.94. The molecule has 0 aromatic heterocycles. The largest absolute Gasteiger partial charge is 0.306 e. The Morgan fingerprint density at radius 1 is 0.933 bits per heavy atom. The van der Waals surface area contributed by atoms with Gasteiger partial charge in [0.05, 0.1) is 6.17 Å². The maximum atomic E-state index is 8.27. The Hall–Kier alpha value is -2.15. The van der Waals surface area contributed by atoms with Gasteiger partial charge in [0.2, 0.25) is 0 Å². The fraction of sp³-hybridized carbons (Fsp3) is 1.00. The van der Waals surface area contributed by atoms with Crippen molar-refractivity contribution in [1.82, 2.24) is 10.6 Å². The second kappa shape index (κ2) is 5.55. The van der Waals surface area contributed by atoms with Gasteiger partial charge < -0.3 is 5.32 Å². The van der Waals surface area contributed by atoms with Gasteiger partial charge in [0.1, 0.15) is 12.3 Å². The van der Waals surface area contributed by atoms with Gasteiger partial charge in [0.25, 0.3) is 0 Å². The molecule has 0 bridgehead atoms. The van der Waals surface area contributed by atoms with Gasteiger partial charge in [-0.15, -0.1) is 0 Å². The van der Waals surface area contributed by atoms with Crippen LogP contribution in [0.5, 0.6) is 0 Å². The number of hydrogen-bond acceptors (Lipinski definition) is 5. The summed E-state index contributed by atoms with van der Waals surface area (Å²) in [4.78, 5) is 7.80. The molecule has 0 aromatic carbocycles. The van der Waals surface area contributed by atoms with E-state index < -0.39 is 18.5 Å². The monoisotopic (exact) mass is 209 g/mol. The Morgan fingerprint density at radius 3 is 2.13 bits per heavy atom. The van der Waals surface area contributed by atoms with Crippen molar-refractivity contribution in [3.63, 3.8) is 0 Å². The Kier molecular flexibility index (Phi) is 4.05. The van der Waals surface area contributed by atoms with E-state index in [2.05, 4.69) is 40.7 Å². The van der Waals surface area contributed by atoms with Gasteiger partial charge in [-0.1, -0.05) is 15.3 Å². The van der Waals surface area contributed by atoms with Crippen LogP contribution in [0.15, 0.2) is 15.3 Å². The molecule has 0 saturated carbocycles. The number of nitrogens with zero attached hydrogens (tertiary/aromatic N) is 9. The predicted molar refractivity (Wildman–Crippen MR) is 49.9 cm³/mol. The molecule has 0 aliphatic carbocycles. The molecule has 1 heterocycles. The lowest BCUT2D eigenvalue weighted by molar-refractivity contribution is 0.278. The summed E-state index contributed by atoms with van der Waals surface area (Å²) >= 11 is 0. The molecule has 0 amide bonds. The average molecular weight is 209 g/mol. The van der Waals surface area contributed by atoms with E-state index in [0.717, 1.165) is 0 Å².